The summed E-state index contributed by atoms with van der Waals surface area (Å²) in [5.41, 5.74) is 6.41. The number of aliphatic hydroxyl groups is 1. The van der Waals surface area contributed by atoms with Gasteiger partial charge in [0.25, 0.3) is 0 Å². The van der Waals surface area contributed by atoms with Crippen LogP contribution in [0, 0.1) is 6.92 Å². The number of nitrogen functional groups attached to an aromatic ring is 1. The largest absolute Gasteiger partial charge is 0.397 e. The van der Waals surface area contributed by atoms with Gasteiger partial charge in [-0.15, -0.1) is 0 Å². The van der Waals surface area contributed by atoms with Crippen molar-refractivity contribution in [1.82, 2.24) is 4.98 Å². The maximum Gasteiger partial charge on any atom is 0.129 e. The van der Waals surface area contributed by atoms with Crippen molar-refractivity contribution in [2.75, 3.05) is 31.3 Å². The van der Waals surface area contributed by atoms with E-state index in [2.05, 4.69) is 10.3 Å². The van der Waals surface area contributed by atoms with E-state index in [1.807, 2.05) is 13.0 Å². The van der Waals surface area contributed by atoms with Crippen molar-refractivity contribution in [2.45, 2.75) is 25.9 Å². The van der Waals surface area contributed by atoms with E-state index < -0.39 is 5.60 Å². The maximum absolute atomic E-state index is 10.1. The fourth-order valence-electron chi connectivity index (χ4n) is 1.47. The number of aromatic nitrogens is 1. The molecule has 96 valence electrons. The van der Waals surface area contributed by atoms with Gasteiger partial charge in [0.15, 0.2) is 0 Å². The number of nitrogens with zero attached hydrogens (tertiary/aromatic N) is 1. The number of ether oxygens (including phenoxy) is 1. The highest BCUT2D eigenvalue weighted by Crippen LogP contribution is 2.16. The van der Waals surface area contributed by atoms with Crippen LogP contribution in [-0.2, 0) is 4.74 Å². The second kappa shape index (κ2) is 5.84. The van der Waals surface area contributed by atoms with Crippen LogP contribution in [0.5, 0.6) is 0 Å². The smallest absolute Gasteiger partial charge is 0.129 e. The predicted molar refractivity (Wildman–Crippen MR) is 69.0 cm³/mol. The Hall–Kier alpha value is -1.33. The van der Waals surface area contributed by atoms with Crippen LogP contribution in [0.1, 0.15) is 18.9 Å². The molecule has 0 aromatic carbocycles. The molecule has 0 spiro atoms. The van der Waals surface area contributed by atoms with Gasteiger partial charge in [0.2, 0.25) is 0 Å². The third-order valence-electron chi connectivity index (χ3n) is 2.58. The highest BCUT2D eigenvalue weighted by Gasteiger charge is 2.20. The molecule has 1 heterocycles. The van der Waals surface area contributed by atoms with Gasteiger partial charge in [-0.2, -0.15) is 0 Å². The molecule has 1 aromatic rings. The first kappa shape index (κ1) is 13.7. The third kappa shape index (κ3) is 4.58. The molecule has 0 aliphatic rings. The molecule has 1 aromatic heterocycles. The van der Waals surface area contributed by atoms with E-state index in [1.165, 1.54) is 0 Å². The van der Waals surface area contributed by atoms with E-state index in [1.54, 1.807) is 20.2 Å². The number of nitrogens with two attached hydrogens (primary N) is 1. The Morgan fingerprint density at radius 1 is 1.59 bits per heavy atom. The number of aryl methyl sites for hydroxylation is 1. The van der Waals surface area contributed by atoms with Crippen LogP contribution < -0.4 is 11.1 Å². The van der Waals surface area contributed by atoms with Gasteiger partial charge in [0, 0.05) is 26.7 Å². The first-order valence-electron chi connectivity index (χ1n) is 5.62. The van der Waals surface area contributed by atoms with E-state index in [4.69, 9.17) is 10.5 Å². The summed E-state index contributed by atoms with van der Waals surface area (Å²) in [6.45, 7) is 4.65. The standard InChI is InChI=1S/C12H21N3O2/c1-9-6-10(13)7-14-11(9)15-8-12(2,16)4-5-17-3/h6-7,16H,4-5,8,13H2,1-3H3,(H,14,15). The molecule has 4 N–H and O–H groups in total. The van der Waals surface area contributed by atoms with Crippen molar-refractivity contribution in [3.63, 3.8) is 0 Å². The van der Waals surface area contributed by atoms with Crippen molar-refractivity contribution in [3.8, 4) is 0 Å². The van der Waals surface area contributed by atoms with Crippen LogP contribution >= 0.6 is 0 Å². The first-order valence-corrected chi connectivity index (χ1v) is 5.62. The van der Waals surface area contributed by atoms with Crippen LogP contribution in [0.3, 0.4) is 0 Å². The average molecular weight is 239 g/mol. The van der Waals surface area contributed by atoms with Crippen LogP contribution in [-0.4, -0.2) is 36.0 Å². The highest BCUT2D eigenvalue weighted by molar-refractivity contribution is 5.50. The third-order valence-corrected chi connectivity index (χ3v) is 2.58. The fraction of sp³-hybridized carbons (Fsp3) is 0.583. The molecule has 17 heavy (non-hydrogen) atoms. The molecule has 1 rings (SSSR count). The number of anilines is 2. The van der Waals surface area contributed by atoms with Gasteiger partial charge in [-0.1, -0.05) is 0 Å². The summed E-state index contributed by atoms with van der Waals surface area (Å²) >= 11 is 0. The molecule has 1 unspecified atom stereocenters. The Kier molecular flexibility index (Phi) is 4.72. The summed E-state index contributed by atoms with van der Waals surface area (Å²) < 4.78 is 4.95. The molecule has 5 nitrogen and oxygen atoms in total. The fourth-order valence-corrected chi connectivity index (χ4v) is 1.47. The average Bonchev–Trinajstić information content (AvgIpc) is 2.25. The van der Waals surface area contributed by atoms with E-state index in [0.29, 0.717) is 25.3 Å². The van der Waals surface area contributed by atoms with Crippen LogP contribution in [0.4, 0.5) is 11.5 Å². The monoisotopic (exact) mass is 239 g/mol. The summed E-state index contributed by atoms with van der Waals surface area (Å²) in [5, 5.41) is 13.2. The highest BCUT2D eigenvalue weighted by atomic mass is 16.5. The molecule has 1 atom stereocenters. The SMILES string of the molecule is COCCC(C)(O)CNc1ncc(N)cc1C. The minimum Gasteiger partial charge on any atom is -0.397 e. The zero-order valence-electron chi connectivity index (χ0n) is 10.7. The minimum atomic E-state index is -0.814. The van der Waals surface area contributed by atoms with Gasteiger partial charge in [0.05, 0.1) is 17.5 Å². The summed E-state index contributed by atoms with van der Waals surface area (Å²) in [7, 11) is 1.62. The second-order valence-corrected chi connectivity index (χ2v) is 4.53. The molecule has 0 amide bonds. The van der Waals surface area contributed by atoms with Crippen molar-refractivity contribution in [1.29, 1.82) is 0 Å². The number of hydrogen-bond acceptors (Lipinski definition) is 5. The Labute approximate surface area is 102 Å². The van der Waals surface area contributed by atoms with E-state index >= 15 is 0 Å². The quantitative estimate of drug-likeness (QED) is 0.694. The Morgan fingerprint density at radius 2 is 2.29 bits per heavy atom. The normalized spacial score (nSPS) is 14.4. The number of pyridine rings is 1. The van der Waals surface area contributed by atoms with Gasteiger partial charge < -0.3 is 20.9 Å². The number of nitrogens with one attached hydrogen (secondary N) is 1. The molecule has 0 aliphatic carbocycles. The number of rotatable bonds is 6. The van der Waals surface area contributed by atoms with E-state index in [9.17, 15) is 5.11 Å². The van der Waals surface area contributed by atoms with Crippen LogP contribution in [0.15, 0.2) is 12.3 Å². The van der Waals surface area contributed by atoms with E-state index in [-0.39, 0.29) is 0 Å². The lowest BCUT2D eigenvalue weighted by Gasteiger charge is -2.24. The zero-order valence-corrected chi connectivity index (χ0v) is 10.7. The minimum absolute atomic E-state index is 0.425. The Morgan fingerprint density at radius 3 is 2.88 bits per heavy atom. The maximum atomic E-state index is 10.1. The number of hydrogen-bond donors (Lipinski definition) is 3. The lowest BCUT2D eigenvalue weighted by molar-refractivity contribution is 0.0357. The van der Waals surface area contributed by atoms with Crippen molar-refractivity contribution in [2.24, 2.45) is 0 Å². The van der Waals surface area contributed by atoms with Gasteiger partial charge in [-0.05, 0) is 25.5 Å². The Balaban J connectivity index is 2.54. The second-order valence-electron chi connectivity index (χ2n) is 4.53. The molecule has 0 saturated heterocycles. The molecular formula is C12H21N3O2. The van der Waals surface area contributed by atoms with Gasteiger partial charge in [0.1, 0.15) is 5.82 Å². The van der Waals surface area contributed by atoms with E-state index in [0.717, 1.165) is 11.4 Å². The summed E-state index contributed by atoms with van der Waals surface area (Å²) in [5.74, 6) is 0.747. The topological polar surface area (TPSA) is 80.4 Å². The van der Waals surface area contributed by atoms with Crippen LogP contribution in [0.25, 0.3) is 0 Å². The number of methoxy groups -OCH3 is 1. The molecule has 0 fully saturated rings. The molecular weight excluding hydrogens is 218 g/mol. The lowest BCUT2D eigenvalue weighted by Crippen LogP contribution is -2.35. The van der Waals surface area contributed by atoms with Gasteiger partial charge in [-0.25, -0.2) is 4.98 Å². The summed E-state index contributed by atoms with van der Waals surface area (Å²) in [4.78, 5) is 4.18. The Bertz CT molecular complexity index is 367. The molecule has 0 aliphatic heterocycles. The van der Waals surface area contributed by atoms with Crippen LogP contribution in [0.2, 0.25) is 0 Å². The van der Waals surface area contributed by atoms with Gasteiger partial charge >= 0.3 is 0 Å². The molecule has 0 saturated carbocycles. The van der Waals surface area contributed by atoms with Gasteiger partial charge in [-0.3, -0.25) is 0 Å². The summed E-state index contributed by atoms with van der Waals surface area (Å²) in [6, 6.07) is 1.85. The summed E-state index contributed by atoms with van der Waals surface area (Å²) in [6.07, 6.45) is 2.17. The van der Waals surface area contributed by atoms with Crippen molar-refractivity contribution in [3.05, 3.63) is 17.8 Å². The molecule has 5 heteroatoms. The predicted octanol–water partition coefficient (Wildman–Crippen LogP) is 1.17. The van der Waals surface area contributed by atoms with Crippen molar-refractivity contribution >= 4 is 11.5 Å². The lowest BCUT2D eigenvalue weighted by atomic mass is 10.0. The zero-order chi connectivity index (χ0) is 12.9. The molecule has 0 bridgehead atoms. The first-order chi connectivity index (χ1) is 7.94. The van der Waals surface area contributed by atoms with Crippen molar-refractivity contribution < 1.29 is 9.84 Å². The molecule has 0 radical (unpaired) electrons.